The first-order valence-electron chi connectivity index (χ1n) is 6.58. The number of hydroxylamine groups is 1. The Labute approximate surface area is 100 Å². The second-order valence-corrected chi connectivity index (χ2v) is 5.89. The number of likely N-dealkylation sites (tertiary alicyclic amines) is 1. The topological polar surface area (TPSA) is 24.5 Å². The van der Waals surface area contributed by atoms with Crippen LogP contribution in [0.4, 0.5) is 0 Å². The summed E-state index contributed by atoms with van der Waals surface area (Å²) in [6.07, 6.45) is 2.57. The van der Waals surface area contributed by atoms with Gasteiger partial charge in [0, 0.05) is 6.04 Å². The zero-order valence-electron chi connectivity index (χ0n) is 11.5. The van der Waals surface area contributed by atoms with Crippen LogP contribution in [0.3, 0.4) is 0 Å². The lowest BCUT2D eigenvalue weighted by Gasteiger charge is -2.35. The minimum atomic E-state index is -0.0988. The summed E-state index contributed by atoms with van der Waals surface area (Å²) in [4.78, 5) is 8.16. The molecule has 1 aliphatic heterocycles. The molecule has 0 aliphatic carbocycles. The fourth-order valence-corrected chi connectivity index (χ4v) is 2.14. The van der Waals surface area contributed by atoms with Crippen LogP contribution in [0, 0.1) is 5.92 Å². The van der Waals surface area contributed by atoms with E-state index >= 15 is 0 Å². The molecule has 1 aliphatic rings. The standard InChI is InChI=1S/C13H28N2O/c1-6-15-9-7-12(8-10-15)11(2)14-16-13(3,4)5/h11-12,14H,6-10H2,1-5H3. The molecule has 1 unspecified atom stereocenters. The van der Waals surface area contributed by atoms with Crippen molar-refractivity contribution in [2.45, 2.75) is 59.1 Å². The van der Waals surface area contributed by atoms with E-state index in [0.29, 0.717) is 6.04 Å². The third-order valence-corrected chi connectivity index (χ3v) is 3.34. The van der Waals surface area contributed by atoms with E-state index in [4.69, 9.17) is 4.84 Å². The van der Waals surface area contributed by atoms with Gasteiger partial charge in [0.1, 0.15) is 0 Å². The molecule has 1 rings (SSSR count). The van der Waals surface area contributed by atoms with Gasteiger partial charge in [0.2, 0.25) is 0 Å². The van der Waals surface area contributed by atoms with Crippen molar-refractivity contribution < 1.29 is 4.84 Å². The quantitative estimate of drug-likeness (QED) is 0.748. The predicted molar refractivity (Wildman–Crippen MR) is 68.3 cm³/mol. The molecule has 0 amide bonds. The highest BCUT2D eigenvalue weighted by Crippen LogP contribution is 2.20. The highest BCUT2D eigenvalue weighted by molar-refractivity contribution is 4.77. The maximum Gasteiger partial charge on any atom is 0.0813 e. The minimum absolute atomic E-state index is 0.0988. The van der Waals surface area contributed by atoms with Crippen LogP contribution in [0.15, 0.2) is 0 Å². The number of nitrogens with zero attached hydrogens (tertiary/aromatic N) is 1. The second-order valence-electron chi connectivity index (χ2n) is 5.89. The van der Waals surface area contributed by atoms with Gasteiger partial charge < -0.3 is 4.90 Å². The molecule has 0 saturated carbocycles. The van der Waals surface area contributed by atoms with Crippen molar-refractivity contribution in [3.8, 4) is 0 Å². The molecule has 3 heteroatoms. The largest absolute Gasteiger partial charge is 0.304 e. The lowest BCUT2D eigenvalue weighted by molar-refractivity contribution is -0.0963. The molecule has 3 nitrogen and oxygen atoms in total. The minimum Gasteiger partial charge on any atom is -0.304 e. The van der Waals surface area contributed by atoms with Crippen LogP contribution < -0.4 is 5.48 Å². The van der Waals surface area contributed by atoms with E-state index < -0.39 is 0 Å². The third-order valence-electron chi connectivity index (χ3n) is 3.34. The Bertz CT molecular complexity index is 193. The second kappa shape index (κ2) is 5.99. The van der Waals surface area contributed by atoms with Crippen LogP contribution in [0.5, 0.6) is 0 Å². The van der Waals surface area contributed by atoms with Gasteiger partial charge in [0.25, 0.3) is 0 Å². The van der Waals surface area contributed by atoms with E-state index in [1.54, 1.807) is 0 Å². The zero-order chi connectivity index (χ0) is 12.2. The van der Waals surface area contributed by atoms with E-state index in [1.165, 1.54) is 32.5 Å². The Hall–Kier alpha value is -0.120. The molecule has 1 fully saturated rings. The summed E-state index contributed by atoms with van der Waals surface area (Å²) in [6.45, 7) is 14.4. The average molecular weight is 228 g/mol. The fraction of sp³-hybridized carbons (Fsp3) is 1.00. The average Bonchev–Trinajstić information content (AvgIpc) is 2.25. The lowest BCUT2D eigenvalue weighted by Crippen LogP contribution is -2.44. The molecule has 0 bridgehead atoms. The SMILES string of the molecule is CCN1CCC(C(C)NOC(C)(C)C)CC1. The highest BCUT2D eigenvalue weighted by atomic mass is 16.7. The van der Waals surface area contributed by atoms with Crippen LogP contribution in [-0.2, 0) is 4.84 Å². The summed E-state index contributed by atoms with van der Waals surface area (Å²) < 4.78 is 0. The third kappa shape index (κ3) is 4.81. The van der Waals surface area contributed by atoms with Crippen molar-refractivity contribution in [2.24, 2.45) is 5.92 Å². The Morgan fingerprint density at radius 2 is 1.88 bits per heavy atom. The molecule has 96 valence electrons. The molecule has 0 radical (unpaired) electrons. The maximum absolute atomic E-state index is 5.63. The summed E-state index contributed by atoms with van der Waals surface area (Å²) >= 11 is 0. The molecule has 1 heterocycles. The van der Waals surface area contributed by atoms with E-state index in [-0.39, 0.29) is 5.60 Å². The first-order chi connectivity index (χ1) is 7.42. The smallest absolute Gasteiger partial charge is 0.0813 e. The van der Waals surface area contributed by atoms with Gasteiger partial charge in [-0.15, -0.1) is 0 Å². The Morgan fingerprint density at radius 3 is 2.31 bits per heavy atom. The molecule has 1 atom stereocenters. The highest BCUT2D eigenvalue weighted by Gasteiger charge is 2.24. The molecule has 0 aromatic carbocycles. The van der Waals surface area contributed by atoms with Gasteiger partial charge in [0.15, 0.2) is 0 Å². The summed E-state index contributed by atoms with van der Waals surface area (Å²) in [7, 11) is 0. The van der Waals surface area contributed by atoms with Gasteiger partial charge in [-0.1, -0.05) is 6.92 Å². The van der Waals surface area contributed by atoms with Gasteiger partial charge in [0.05, 0.1) is 5.60 Å². The molecule has 0 aromatic rings. The monoisotopic (exact) mass is 228 g/mol. The van der Waals surface area contributed by atoms with Gasteiger partial charge in [-0.3, -0.25) is 4.84 Å². The molecular formula is C13H28N2O. The van der Waals surface area contributed by atoms with Crippen molar-refractivity contribution in [2.75, 3.05) is 19.6 Å². The molecule has 0 aromatic heterocycles. The Kier molecular flexibility index (Phi) is 5.22. The number of hydrogen-bond acceptors (Lipinski definition) is 3. The van der Waals surface area contributed by atoms with Crippen LogP contribution in [-0.4, -0.2) is 36.2 Å². The van der Waals surface area contributed by atoms with E-state index in [9.17, 15) is 0 Å². The van der Waals surface area contributed by atoms with Crippen molar-refractivity contribution >= 4 is 0 Å². The van der Waals surface area contributed by atoms with Crippen molar-refractivity contribution in [1.29, 1.82) is 0 Å². The number of hydrogen-bond donors (Lipinski definition) is 1. The number of piperidine rings is 1. The normalized spacial score (nSPS) is 22.3. The van der Waals surface area contributed by atoms with E-state index in [0.717, 1.165) is 5.92 Å². The molecular weight excluding hydrogens is 200 g/mol. The molecule has 0 spiro atoms. The van der Waals surface area contributed by atoms with Crippen LogP contribution in [0.25, 0.3) is 0 Å². The van der Waals surface area contributed by atoms with Gasteiger partial charge in [-0.25, -0.2) is 0 Å². The molecule has 1 N–H and O–H groups in total. The summed E-state index contributed by atoms with van der Waals surface area (Å²) in [5.74, 6) is 0.755. The van der Waals surface area contributed by atoms with Gasteiger partial charge in [-0.05, 0) is 66.1 Å². The zero-order valence-corrected chi connectivity index (χ0v) is 11.5. The number of nitrogens with one attached hydrogen (secondary N) is 1. The van der Waals surface area contributed by atoms with Gasteiger partial charge >= 0.3 is 0 Å². The van der Waals surface area contributed by atoms with E-state index in [2.05, 4.69) is 45.0 Å². The summed E-state index contributed by atoms with van der Waals surface area (Å²) in [5.41, 5.74) is 3.11. The Balaban J connectivity index is 2.25. The summed E-state index contributed by atoms with van der Waals surface area (Å²) in [6, 6.07) is 0.457. The van der Waals surface area contributed by atoms with Gasteiger partial charge in [-0.2, -0.15) is 5.48 Å². The molecule has 16 heavy (non-hydrogen) atoms. The van der Waals surface area contributed by atoms with E-state index in [1.807, 2.05) is 0 Å². The van der Waals surface area contributed by atoms with Crippen molar-refractivity contribution in [1.82, 2.24) is 10.4 Å². The fourth-order valence-electron chi connectivity index (χ4n) is 2.14. The first-order valence-corrected chi connectivity index (χ1v) is 6.58. The summed E-state index contributed by atoms with van der Waals surface area (Å²) in [5, 5.41) is 0. The Morgan fingerprint density at radius 1 is 1.31 bits per heavy atom. The predicted octanol–water partition coefficient (Wildman–Crippen LogP) is 2.43. The van der Waals surface area contributed by atoms with Crippen LogP contribution in [0.2, 0.25) is 0 Å². The van der Waals surface area contributed by atoms with Crippen molar-refractivity contribution in [3.05, 3.63) is 0 Å². The number of rotatable bonds is 4. The first kappa shape index (κ1) is 13.9. The lowest BCUT2D eigenvalue weighted by atomic mass is 9.91. The molecule has 1 saturated heterocycles. The maximum atomic E-state index is 5.63. The van der Waals surface area contributed by atoms with Crippen molar-refractivity contribution in [3.63, 3.8) is 0 Å². The van der Waals surface area contributed by atoms with Crippen LogP contribution in [0.1, 0.15) is 47.5 Å². The van der Waals surface area contributed by atoms with Crippen LogP contribution >= 0.6 is 0 Å².